The number of rotatable bonds is 6. The molecule has 8 heteroatoms. The molecule has 0 saturated carbocycles. The van der Waals surface area contributed by atoms with Crippen LogP contribution in [0.25, 0.3) is 11.0 Å². The van der Waals surface area contributed by atoms with E-state index in [9.17, 15) is 9.59 Å². The number of pyridine rings is 1. The van der Waals surface area contributed by atoms with Crippen LogP contribution in [-0.2, 0) is 24.8 Å². The van der Waals surface area contributed by atoms with Crippen LogP contribution in [0.5, 0.6) is 5.75 Å². The van der Waals surface area contributed by atoms with Gasteiger partial charge in [0, 0.05) is 57.1 Å². The van der Waals surface area contributed by atoms with E-state index in [1.54, 1.807) is 11.8 Å². The fourth-order valence-electron chi connectivity index (χ4n) is 4.81. The van der Waals surface area contributed by atoms with Gasteiger partial charge in [-0.1, -0.05) is 12.1 Å². The largest absolute Gasteiger partial charge is 0.497 e. The van der Waals surface area contributed by atoms with E-state index < -0.39 is 0 Å². The number of ether oxygens (including phenoxy) is 1. The van der Waals surface area contributed by atoms with Gasteiger partial charge in [0.25, 0.3) is 5.56 Å². The molecular formula is C25H33N5O3. The molecule has 33 heavy (non-hydrogen) atoms. The van der Waals surface area contributed by atoms with Crippen molar-refractivity contribution in [1.29, 1.82) is 0 Å². The number of carbonyl (C=O) groups is 1. The van der Waals surface area contributed by atoms with Gasteiger partial charge in [-0.05, 0) is 49.9 Å². The number of nitrogens with one attached hydrogen (secondary N) is 1. The number of aromatic nitrogens is 3. The van der Waals surface area contributed by atoms with Crippen molar-refractivity contribution in [2.45, 2.75) is 39.7 Å². The first kappa shape index (κ1) is 23.0. The van der Waals surface area contributed by atoms with Gasteiger partial charge in [-0.2, -0.15) is 5.10 Å². The molecule has 1 aliphatic heterocycles. The van der Waals surface area contributed by atoms with Gasteiger partial charge in [-0.25, -0.2) is 0 Å². The topological polar surface area (TPSA) is 83.5 Å². The van der Waals surface area contributed by atoms with E-state index in [2.05, 4.69) is 27.1 Å². The van der Waals surface area contributed by atoms with Crippen molar-refractivity contribution >= 4 is 16.9 Å². The predicted molar refractivity (Wildman–Crippen MR) is 129 cm³/mol. The van der Waals surface area contributed by atoms with E-state index in [1.165, 1.54) is 5.56 Å². The number of aromatic amines is 1. The van der Waals surface area contributed by atoms with Crippen LogP contribution in [0.2, 0.25) is 0 Å². The van der Waals surface area contributed by atoms with E-state index in [1.807, 2.05) is 37.9 Å². The monoisotopic (exact) mass is 451 g/mol. The first-order chi connectivity index (χ1) is 15.9. The molecule has 1 N–H and O–H groups in total. The summed E-state index contributed by atoms with van der Waals surface area (Å²) in [7, 11) is 3.50. The number of carbonyl (C=O) groups excluding carboxylic acids is 1. The van der Waals surface area contributed by atoms with Gasteiger partial charge in [-0.3, -0.25) is 19.2 Å². The first-order valence-corrected chi connectivity index (χ1v) is 11.6. The van der Waals surface area contributed by atoms with Gasteiger partial charge in [0.15, 0.2) is 0 Å². The van der Waals surface area contributed by atoms with Crippen LogP contribution >= 0.6 is 0 Å². The third-order valence-corrected chi connectivity index (χ3v) is 6.65. The number of aryl methyl sites for hydroxylation is 3. The average Bonchev–Trinajstić information content (AvgIpc) is 2.95. The van der Waals surface area contributed by atoms with Gasteiger partial charge in [0.1, 0.15) is 11.4 Å². The van der Waals surface area contributed by atoms with Gasteiger partial charge in [0.2, 0.25) is 5.91 Å². The van der Waals surface area contributed by atoms with Crippen molar-refractivity contribution in [2.75, 3.05) is 33.3 Å². The summed E-state index contributed by atoms with van der Waals surface area (Å²) in [5, 5.41) is 5.39. The molecule has 0 aliphatic carbocycles. The maximum Gasteiger partial charge on any atom is 0.253 e. The standard InChI is InChI=1S/C25H33N5O3/c1-17-21(25(32)26-24-23(17)18(2)27-28(24)3)10-11-22(31)30-13-5-12-29(14-15-30)16-19-6-8-20(33-4)9-7-19/h6-9H,5,10-16H2,1-4H3,(H,26,32). The lowest BCUT2D eigenvalue weighted by Crippen LogP contribution is -2.35. The van der Waals surface area contributed by atoms with Gasteiger partial charge < -0.3 is 14.6 Å². The van der Waals surface area contributed by atoms with E-state index in [0.717, 1.165) is 60.6 Å². The SMILES string of the molecule is COc1ccc(CN2CCCN(C(=O)CCc3c(C)c4c(C)nn(C)c4[nH]c3=O)CC2)cc1. The molecule has 0 unspecified atom stereocenters. The zero-order chi connectivity index (χ0) is 23.5. The minimum Gasteiger partial charge on any atom is -0.497 e. The maximum absolute atomic E-state index is 13.0. The lowest BCUT2D eigenvalue weighted by atomic mass is 10.0. The number of hydrogen-bond donors (Lipinski definition) is 1. The molecule has 0 bridgehead atoms. The molecule has 0 spiro atoms. The maximum atomic E-state index is 13.0. The quantitative estimate of drug-likeness (QED) is 0.623. The summed E-state index contributed by atoms with van der Waals surface area (Å²) in [6.45, 7) is 8.04. The Morgan fingerprint density at radius 1 is 1.12 bits per heavy atom. The molecule has 8 nitrogen and oxygen atoms in total. The summed E-state index contributed by atoms with van der Waals surface area (Å²) < 4.78 is 6.93. The summed E-state index contributed by atoms with van der Waals surface area (Å²) in [6, 6.07) is 8.15. The second-order valence-electron chi connectivity index (χ2n) is 8.85. The van der Waals surface area contributed by atoms with Crippen molar-refractivity contribution in [3.8, 4) is 5.75 Å². The Morgan fingerprint density at radius 3 is 2.61 bits per heavy atom. The van der Waals surface area contributed by atoms with Crippen LogP contribution in [0.4, 0.5) is 0 Å². The number of methoxy groups -OCH3 is 1. The first-order valence-electron chi connectivity index (χ1n) is 11.6. The molecule has 1 aliphatic rings. The Bertz CT molecular complexity index is 1200. The van der Waals surface area contributed by atoms with Crippen LogP contribution in [0.15, 0.2) is 29.1 Å². The summed E-state index contributed by atoms with van der Waals surface area (Å²) in [6.07, 6.45) is 1.73. The Kier molecular flexibility index (Phi) is 6.83. The molecular weight excluding hydrogens is 418 g/mol. The van der Waals surface area contributed by atoms with Gasteiger partial charge in [-0.15, -0.1) is 0 Å². The number of amides is 1. The van der Waals surface area contributed by atoms with Crippen molar-refractivity contribution < 1.29 is 9.53 Å². The molecule has 2 aromatic heterocycles. The van der Waals surface area contributed by atoms with E-state index >= 15 is 0 Å². The second kappa shape index (κ2) is 9.79. The predicted octanol–water partition coefficient (Wildman–Crippen LogP) is 2.55. The van der Waals surface area contributed by atoms with Crippen molar-refractivity contribution in [1.82, 2.24) is 24.6 Å². The summed E-state index contributed by atoms with van der Waals surface area (Å²) in [4.78, 5) is 32.9. The van der Waals surface area contributed by atoms with E-state index in [4.69, 9.17) is 4.74 Å². The highest BCUT2D eigenvalue weighted by Crippen LogP contribution is 2.21. The fourth-order valence-corrected chi connectivity index (χ4v) is 4.81. The highest BCUT2D eigenvalue weighted by molar-refractivity contribution is 5.83. The van der Waals surface area contributed by atoms with Crippen LogP contribution in [-0.4, -0.2) is 63.8 Å². The Hall–Kier alpha value is -3.13. The van der Waals surface area contributed by atoms with Gasteiger partial charge >= 0.3 is 0 Å². The number of H-pyrrole nitrogens is 1. The van der Waals surface area contributed by atoms with Crippen LogP contribution in [0, 0.1) is 13.8 Å². The molecule has 176 valence electrons. The Labute approximate surface area is 194 Å². The minimum absolute atomic E-state index is 0.114. The highest BCUT2D eigenvalue weighted by atomic mass is 16.5. The van der Waals surface area contributed by atoms with Crippen LogP contribution in [0.1, 0.15) is 35.2 Å². The normalized spacial score (nSPS) is 15.1. The molecule has 1 saturated heterocycles. The lowest BCUT2D eigenvalue weighted by molar-refractivity contribution is -0.131. The fraction of sp³-hybridized carbons (Fsp3) is 0.480. The molecule has 4 rings (SSSR count). The van der Waals surface area contributed by atoms with Crippen molar-refractivity contribution in [3.63, 3.8) is 0 Å². The zero-order valence-corrected chi connectivity index (χ0v) is 20.0. The molecule has 1 fully saturated rings. The summed E-state index contributed by atoms with van der Waals surface area (Å²) in [5.74, 6) is 0.974. The summed E-state index contributed by atoms with van der Waals surface area (Å²) >= 11 is 0. The number of hydrogen-bond acceptors (Lipinski definition) is 5. The summed E-state index contributed by atoms with van der Waals surface area (Å²) in [5.41, 5.74) is 4.34. The molecule has 0 atom stereocenters. The van der Waals surface area contributed by atoms with Crippen molar-refractivity contribution in [2.24, 2.45) is 7.05 Å². The highest BCUT2D eigenvalue weighted by Gasteiger charge is 2.21. The zero-order valence-electron chi connectivity index (χ0n) is 20.0. The number of fused-ring (bicyclic) bond motifs is 1. The third kappa shape index (κ3) is 4.95. The average molecular weight is 452 g/mol. The second-order valence-corrected chi connectivity index (χ2v) is 8.85. The molecule has 3 heterocycles. The van der Waals surface area contributed by atoms with Crippen LogP contribution < -0.4 is 10.3 Å². The lowest BCUT2D eigenvalue weighted by Gasteiger charge is -2.22. The molecule has 1 aromatic carbocycles. The Balaban J connectivity index is 1.36. The number of benzene rings is 1. The van der Waals surface area contributed by atoms with Crippen molar-refractivity contribution in [3.05, 3.63) is 57.0 Å². The van der Waals surface area contributed by atoms with Gasteiger partial charge in [0.05, 0.1) is 12.8 Å². The number of nitrogens with zero attached hydrogens (tertiary/aromatic N) is 4. The molecule has 1 amide bonds. The minimum atomic E-state index is -0.127. The van der Waals surface area contributed by atoms with E-state index in [-0.39, 0.29) is 11.5 Å². The van der Waals surface area contributed by atoms with E-state index in [0.29, 0.717) is 24.9 Å². The van der Waals surface area contributed by atoms with Crippen LogP contribution in [0.3, 0.4) is 0 Å². The third-order valence-electron chi connectivity index (χ3n) is 6.65. The molecule has 0 radical (unpaired) electrons. The molecule has 3 aromatic rings. The Morgan fingerprint density at radius 2 is 1.88 bits per heavy atom. The smallest absolute Gasteiger partial charge is 0.253 e.